The summed E-state index contributed by atoms with van der Waals surface area (Å²) in [5.41, 5.74) is 1.80. The summed E-state index contributed by atoms with van der Waals surface area (Å²) < 4.78 is 41.6. The number of aromatic nitrogens is 2. The van der Waals surface area contributed by atoms with Gasteiger partial charge in [-0.15, -0.1) is 0 Å². The van der Waals surface area contributed by atoms with Crippen molar-refractivity contribution >= 4 is 6.03 Å². The zero-order valence-corrected chi connectivity index (χ0v) is 16.5. The molecule has 0 spiro atoms. The van der Waals surface area contributed by atoms with Gasteiger partial charge in [-0.1, -0.05) is 12.1 Å². The van der Waals surface area contributed by atoms with Gasteiger partial charge in [-0.2, -0.15) is 18.3 Å². The van der Waals surface area contributed by atoms with Gasteiger partial charge < -0.3 is 9.80 Å². The standard InChI is InChI=1S/C21H25F3N4O/c1-26(20(29)27-12-4-5-13-27)14-15-8-10-16(11-9-15)28-18-7-3-2-6-17(18)19(25-28)21(22,23)24/h8-11H,2-7,12-14H2,1H3. The summed E-state index contributed by atoms with van der Waals surface area (Å²) in [7, 11) is 1.77. The van der Waals surface area contributed by atoms with E-state index < -0.39 is 11.9 Å². The largest absolute Gasteiger partial charge is 0.435 e. The highest BCUT2D eigenvalue weighted by Crippen LogP contribution is 2.36. The zero-order chi connectivity index (χ0) is 20.6. The summed E-state index contributed by atoms with van der Waals surface area (Å²) in [6, 6.07) is 7.29. The van der Waals surface area contributed by atoms with Crippen LogP contribution < -0.4 is 0 Å². The predicted octanol–water partition coefficient (Wildman–Crippen LogP) is 4.42. The summed E-state index contributed by atoms with van der Waals surface area (Å²) in [6.07, 6.45) is 0.310. The molecule has 8 heteroatoms. The number of halogens is 3. The van der Waals surface area contributed by atoms with Gasteiger partial charge in [-0.25, -0.2) is 9.48 Å². The number of carbonyl (C=O) groups is 1. The van der Waals surface area contributed by atoms with E-state index in [0.717, 1.165) is 44.3 Å². The number of urea groups is 1. The Morgan fingerprint density at radius 2 is 1.72 bits per heavy atom. The molecule has 2 aromatic rings. The van der Waals surface area contributed by atoms with Crippen LogP contribution >= 0.6 is 0 Å². The molecule has 4 rings (SSSR count). The Morgan fingerprint density at radius 1 is 1.07 bits per heavy atom. The maximum absolute atomic E-state index is 13.4. The SMILES string of the molecule is CN(Cc1ccc(-n2nc(C(F)(F)F)c3c2CCCC3)cc1)C(=O)N1CCCC1. The average Bonchev–Trinajstić information content (AvgIpc) is 3.36. The van der Waals surface area contributed by atoms with Crippen molar-refractivity contribution in [2.75, 3.05) is 20.1 Å². The molecule has 5 nitrogen and oxygen atoms in total. The Kier molecular flexibility index (Phi) is 5.27. The second kappa shape index (κ2) is 7.72. The average molecular weight is 406 g/mol. The molecule has 1 aromatic heterocycles. The highest BCUT2D eigenvalue weighted by Gasteiger charge is 2.39. The molecular formula is C21H25F3N4O. The van der Waals surface area contributed by atoms with E-state index in [0.29, 0.717) is 36.3 Å². The maximum Gasteiger partial charge on any atom is 0.435 e. The van der Waals surface area contributed by atoms with Gasteiger partial charge in [0.1, 0.15) is 0 Å². The third-order valence-corrected chi connectivity index (χ3v) is 5.75. The summed E-state index contributed by atoms with van der Waals surface area (Å²) >= 11 is 0. The lowest BCUT2D eigenvalue weighted by Crippen LogP contribution is -2.38. The van der Waals surface area contributed by atoms with E-state index in [-0.39, 0.29) is 6.03 Å². The van der Waals surface area contributed by atoms with Crippen molar-refractivity contribution in [3.05, 3.63) is 46.8 Å². The van der Waals surface area contributed by atoms with Crippen molar-refractivity contribution in [2.24, 2.45) is 0 Å². The lowest BCUT2D eigenvalue weighted by molar-refractivity contribution is -0.142. The Morgan fingerprint density at radius 3 is 2.38 bits per heavy atom. The van der Waals surface area contributed by atoms with Crippen molar-refractivity contribution in [1.82, 2.24) is 19.6 Å². The molecule has 0 bridgehead atoms. The maximum atomic E-state index is 13.4. The van der Waals surface area contributed by atoms with E-state index >= 15 is 0 Å². The third-order valence-electron chi connectivity index (χ3n) is 5.75. The molecule has 2 amide bonds. The quantitative estimate of drug-likeness (QED) is 0.757. The van der Waals surface area contributed by atoms with Crippen LogP contribution in [-0.2, 0) is 25.6 Å². The molecule has 1 fully saturated rings. The first-order valence-corrected chi connectivity index (χ1v) is 10.1. The number of amides is 2. The minimum Gasteiger partial charge on any atom is -0.325 e. The number of hydrogen-bond acceptors (Lipinski definition) is 2. The Bertz CT molecular complexity index is 883. The normalized spacial score (nSPS) is 16.8. The molecule has 0 unspecified atom stereocenters. The van der Waals surface area contributed by atoms with Crippen molar-refractivity contribution in [2.45, 2.75) is 51.2 Å². The number of benzene rings is 1. The lowest BCUT2D eigenvalue weighted by atomic mass is 9.95. The molecule has 1 aromatic carbocycles. The first kappa shape index (κ1) is 19.8. The van der Waals surface area contributed by atoms with Crippen molar-refractivity contribution in [1.29, 1.82) is 0 Å². The van der Waals surface area contributed by atoms with E-state index in [9.17, 15) is 18.0 Å². The molecule has 156 valence electrons. The highest BCUT2D eigenvalue weighted by molar-refractivity contribution is 5.74. The van der Waals surface area contributed by atoms with E-state index in [1.165, 1.54) is 4.68 Å². The molecule has 1 aliphatic carbocycles. The lowest BCUT2D eigenvalue weighted by Gasteiger charge is -2.24. The van der Waals surface area contributed by atoms with Gasteiger partial charge in [0, 0.05) is 37.9 Å². The van der Waals surface area contributed by atoms with Gasteiger partial charge in [0.2, 0.25) is 0 Å². The molecule has 2 heterocycles. The summed E-state index contributed by atoms with van der Waals surface area (Å²) in [6.45, 7) is 2.06. The topological polar surface area (TPSA) is 41.4 Å². The number of nitrogens with zero attached hydrogens (tertiary/aromatic N) is 4. The molecule has 0 saturated carbocycles. The van der Waals surface area contributed by atoms with Crippen LogP contribution in [0.15, 0.2) is 24.3 Å². The summed E-state index contributed by atoms with van der Waals surface area (Å²) in [4.78, 5) is 16.0. The van der Waals surface area contributed by atoms with E-state index in [4.69, 9.17) is 0 Å². The van der Waals surface area contributed by atoms with Crippen LogP contribution in [0.2, 0.25) is 0 Å². The number of rotatable bonds is 3. The molecule has 0 atom stereocenters. The monoisotopic (exact) mass is 406 g/mol. The first-order valence-electron chi connectivity index (χ1n) is 10.1. The second-order valence-electron chi connectivity index (χ2n) is 7.89. The Hall–Kier alpha value is -2.51. The van der Waals surface area contributed by atoms with Crippen LogP contribution in [0.5, 0.6) is 0 Å². The van der Waals surface area contributed by atoms with Crippen LogP contribution in [0.25, 0.3) is 5.69 Å². The number of fused-ring (bicyclic) bond motifs is 1. The van der Waals surface area contributed by atoms with Gasteiger partial charge in [0.15, 0.2) is 5.69 Å². The first-order chi connectivity index (χ1) is 13.8. The molecular weight excluding hydrogens is 381 g/mol. The molecule has 2 aliphatic rings. The Labute approximate surface area is 168 Å². The van der Waals surface area contributed by atoms with E-state index in [2.05, 4.69) is 5.10 Å². The fourth-order valence-electron chi connectivity index (χ4n) is 4.27. The summed E-state index contributed by atoms with van der Waals surface area (Å²) in [5.74, 6) is 0. The van der Waals surface area contributed by atoms with Gasteiger partial charge in [0.25, 0.3) is 0 Å². The molecule has 1 saturated heterocycles. The smallest absolute Gasteiger partial charge is 0.325 e. The third kappa shape index (κ3) is 3.97. The predicted molar refractivity (Wildman–Crippen MR) is 103 cm³/mol. The van der Waals surface area contributed by atoms with Crippen LogP contribution in [-0.4, -0.2) is 45.7 Å². The van der Waals surface area contributed by atoms with E-state index in [1.54, 1.807) is 24.1 Å². The van der Waals surface area contributed by atoms with Gasteiger partial charge >= 0.3 is 12.2 Å². The van der Waals surface area contributed by atoms with Gasteiger partial charge in [-0.3, -0.25) is 0 Å². The van der Waals surface area contributed by atoms with Gasteiger partial charge in [-0.05, 0) is 56.2 Å². The molecule has 1 aliphatic heterocycles. The van der Waals surface area contributed by atoms with Crippen molar-refractivity contribution < 1.29 is 18.0 Å². The zero-order valence-electron chi connectivity index (χ0n) is 16.5. The fourth-order valence-corrected chi connectivity index (χ4v) is 4.27. The van der Waals surface area contributed by atoms with Crippen molar-refractivity contribution in [3.8, 4) is 5.69 Å². The van der Waals surface area contributed by atoms with Gasteiger partial charge in [0.05, 0.1) is 5.69 Å². The Balaban J connectivity index is 1.54. The molecule has 0 N–H and O–H groups in total. The highest BCUT2D eigenvalue weighted by atomic mass is 19.4. The van der Waals surface area contributed by atoms with Crippen LogP contribution in [0.4, 0.5) is 18.0 Å². The van der Waals surface area contributed by atoms with Crippen LogP contribution in [0, 0.1) is 0 Å². The second-order valence-corrected chi connectivity index (χ2v) is 7.89. The van der Waals surface area contributed by atoms with E-state index in [1.807, 2.05) is 17.0 Å². The number of alkyl halides is 3. The number of likely N-dealkylation sites (tertiary alicyclic amines) is 1. The minimum absolute atomic E-state index is 0.0162. The minimum atomic E-state index is -4.44. The summed E-state index contributed by atoms with van der Waals surface area (Å²) in [5, 5.41) is 3.92. The molecule has 29 heavy (non-hydrogen) atoms. The van der Waals surface area contributed by atoms with Crippen LogP contribution in [0.3, 0.4) is 0 Å². The number of carbonyl (C=O) groups excluding carboxylic acids is 1. The molecule has 0 radical (unpaired) electrons. The van der Waals surface area contributed by atoms with Crippen LogP contribution in [0.1, 0.15) is 48.2 Å². The fraction of sp³-hybridized carbons (Fsp3) is 0.524. The number of hydrogen-bond donors (Lipinski definition) is 0. The van der Waals surface area contributed by atoms with Crippen molar-refractivity contribution in [3.63, 3.8) is 0 Å².